The summed E-state index contributed by atoms with van der Waals surface area (Å²) in [6.07, 6.45) is 0. The van der Waals surface area contributed by atoms with Crippen LogP contribution >= 0.6 is 0 Å². The molecule has 12 aromatic carbocycles. The van der Waals surface area contributed by atoms with E-state index in [0.717, 1.165) is 22.3 Å². The molecule has 682 valence electrons. The van der Waals surface area contributed by atoms with Crippen LogP contribution in [-0.2, 0) is 103 Å². The number of hydrogen-bond acceptors (Lipinski definition) is 24. The molecule has 24 nitrogen and oxygen atoms in total. The van der Waals surface area contributed by atoms with E-state index in [9.17, 15) is 38.4 Å². The summed E-state index contributed by atoms with van der Waals surface area (Å²) in [4.78, 5) is 108. The Morgan fingerprint density at radius 3 is 0.568 bits per heavy atom. The zero-order chi connectivity index (χ0) is 94.0. The molecular weight excluding hydrogens is 1680 g/mol. The van der Waals surface area contributed by atoms with Crippen LogP contribution in [0.3, 0.4) is 0 Å². The van der Waals surface area contributed by atoms with Crippen LogP contribution in [0.4, 0.5) is 0 Å². The van der Waals surface area contributed by atoms with E-state index in [0.29, 0.717) is 89.4 Å². The maximum absolute atomic E-state index is 13.8. The molecule has 0 heterocycles. The highest BCUT2D eigenvalue weighted by Gasteiger charge is 2.28. The normalized spacial score (nSPS) is 11.3. The second-order valence-corrected chi connectivity index (χ2v) is 34.6. The Labute approximate surface area is 767 Å². The Hall–Kier alpha value is -15.2. The number of carbonyl (C=O) groups is 8. The van der Waals surface area contributed by atoms with Crippen molar-refractivity contribution >= 4 is 47.8 Å². The average Bonchev–Trinajstić information content (AvgIpc) is 0.777. The highest BCUT2D eigenvalue weighted by Crippen LogP contribution is 2.47. The maximum atomic E-state index is 13.8. The Morgan fingerprint density at radius 2 is 0.371 bits per heavy atom. The number of esters is 8. The van der Waals surface area contributed by atoms with E-state index in [4.69, 9.17) is 75.8 Å². The lowest BCUT2D eigenvalue weighted by molar-refractivity contribution is -0.158. The van der Waals surface area contributed by atoms with Gasteiger partial charge in [-0.2, -0.15) is 0 Å². The fraction of sp³-hybridized carbons (Fsp3) is 0.259. The third-order valence-corrected chi connectivity index (χ3v) is 19.2. The van der Waals surface area contributed by atoms with Crippen molar-refractivity contribution in [3.05, 3.63) is 301 Å². The van der Waals surface area contributed by atoms with E-state index in [2.05, 4.69) is 0 Å². The highest BCUT2D eigenvalue weighted by atomic mass is 16.6. The third-order valence-electron chi connectivity index (χ3n) is 19.2. The van der Waals surface area contributed by atoms with E-state index in [1.807, 2.05) is 158 Å². The summed E-state index contributed by atoms with van der Waals surface area (Å²) >= 11 is 0. The van der Waals surface area contributed by atoms with E-state index < -0.39 is 110 Å². The van der Waals surface area contributed by atoms with Crippen LogP contribution < -0.4 is 37.9 Å². The van der Waals surface area contributed by atoms with E-state index in [-0.39, 0.29) is 74.1 Å². The number of hydrogen-bond donors (Lipinski definition) is 0. The molecule has 0 N–H and O–H groups in total. The first-order chi connectivity index (χ1) is 63.1. The number of rotatable bonds is 39. The van der Waals surface area contributed by atoms with Crippen LogP contribution in [-0.4, -0.2) is 123 Å². The molecule has 0 saturated carbocycles. The van der Waals surface area contributed by atoms with E-state index in [1.165, 1.54) is 0 Å². The molecule has 0 atom stereocenters. The first kappa shape index (κ1) is 95.9. The standard InChI is InChI=1S/C108H106O24/c1-105(2,3)129-101(113)67-121-93-55-79(41-47-87(93)85-45-39-77(53-91(85)119-65-99(111)127-61-73-31-21-15-22-32-73)75-35-25-37-83(51-75)117-63-97(109)125-59-71-27-17-13-18-28-71)81-43-49-89(95(57-81)123-69-103(115)131-107(7,8)9)90-50-44-82(58-96(90)124-70-104(116)132-108(10,11)12)80-42-48-88(94(56-80)122-68-102(114)130-106(4,5)6)86-46-40-78(54-92(86)120-66-100(112)128-62-74-33-23-16-24-34-74)76-36-26-38-84(52-76)118-64-98(110)126-60-72-29-19-14-20-30-72/h13-58H,59-70H2,1-12H3. The number of benzene rings is 12. The van der Waals surface area contributed by atoms with Gasteiger partial charge in [0.25, 0.3) is 0 Å². The largest absolute Gasteiger partial charge is 0.482 e. The van der Waals surface area contributed by atoms with Gasteiger partial charge in [-0.05, 0) is 247 Å². The van der Waals surface area contributed by atoms with Crippen molar-refractivity contribution in [3.8, 4) is 124 Å². The highest BCUT2D eigenvalue weighted by molar-refractivity contribution is 5.89. The zero-order valence-corrected chi connectivity index (χ0v) is 75.8. The Kier molecular flexibility index (Phi) is 32.5. The first-order valence-electron chi connectivity index (χ1n) is 42.9. The van der Waals surface area contributed by atoms with Crippen molar-refractivity contribution in [2.75, 3.05) is 52.9 Å². The van der Waals surface area contributed by atoms with Gasteiger partial charge < -0.3 is 75.8 Å². The molecule has 0 aliphatic heterocycles. The molecule has 24 heteroatoms. The predicted octanol–water partition coefficient (Wildman–Crippen LogP) is 20.7. The van der Waals surface area contributed by atoms with Crippen LogP contribution in [0, 0.1) is 0 Å². The molecule has 12 rings (SSSR count). The van der Waals surface area contributed by atoms with Gasteiger partial charge in [0.05, 0.1) is 0 Å². The van der Waals surface area contributed by atoms with Gasteiger partial charge in [-0.25, -0.2) is 38.4 Å². The minimum Gasteiger partial charge on any atom is -0.482 e. The van der Waals surface area contributed by atoms with Gasteiger partial charge in [-0.1, -0.05) is 182 Å². The Bertz CT molecular complexity index is 5650. The van der Waals surface area contributed by atoms with E-state index >= 15 is 0 Å². The molecular formula is C108H106O24. The molecule has 0 radical (unpaired) electrons. The lowest BCUT2D eigenvalue weighted by Crippen LogP contribution is -2.27. The fourth-order valence-electron chi connectivity index (χ4n) is 13.5. The Morgan fingerprint density at radius 1 is 0.189 bits per heavy atom. The molecule has 132 heavy (non-hydrogen) atoms. The molecule has 0 spiro atoms. The summed E-state index contributed by atoms with van der Waals surface area (Å²) in [5.74, 6) is -3.42. The molecule has 0 unspecified atom stereocenters. The molecule has 0 aliphatic rings. The molecule has 0 aliphatic carbocycles. The predicted molar refractivity (Wildman–Crippen MR) is 497 cm³/mol. The maximum Gasteiger partial charge on any atom is 0.344 e. The lowest BCUT2D eigenvalue weighted by atomic mass is 9.93. The van der Waals surface area contributed by atoms with Crippen molar-refractivity contribution < 1.29 is 114 Å². The van der Waals surface area contributed by atoms with E-state index in [1.54, 1.807) is 204 Å². The molecule has 12 aromatic rings. The smallest absolute Gasteiger partial charge is 0.344 e. The van der Waals surface area contributed by atoms with Gasteiger partial charge in [0.2, 0.25) is 0 Å². The van der Waals surface area contributed by atoms with Crippen molar-refractivity contribution in [2.45, 2.75) is 132 Å². The minimum atomic E-state index is -0.910. The third kappa shape index (κ3) is 29.9. The van der Waals surface area contributed by atoms with Gasteiger partial charge in [0, 0.05) is 33.4 Å². The number of ether oxygens (including phenoxy) is 16. The van der Waals surface area contributed by atoms with Gasteiger partial charge in [-0.15, -0.1) is 0 Å². The SMILES string of the molecule is CC(C)(C)OC(=O)COc1cc(-c2ccc(-c3ccc(-c4ccc(-c5ccc(-c6cccc(OCC(=O)OCc7ccccc7)c6)cc5OCC(=O)OCc5ccccc5)c(OCC(=O)OC(C)(C)C)c4)cc3OCC(=O)OC(C)(C)C)c(OCC(=O)OC(C)(C)C)c2)ccc1-c1ccc(-c2cccc(OCC(=O)OCc3ccccc3)c2)cc1OCC(=O)OCc1ccccc1. The topological polar surface area (TPSA) is 284 Å². The Balaban J connectivity index is 0.927. The van der Waals surface area contributed by atoms with Gasteiger partial charge in [-0.3, -0.25) is 0 Å². The molecule has 0 saturated heterocycles. The average molecular weight is 1790 g/mol. The van der Waals surface area contributed by atoms with Crippen LogP contribution in [0.15, 0.2) is 279 Å². The summed E-state index contributed by atoms with van der Waals surface area (Å²) in [5.41, 5.74) is 6.65. The van der Waals surface area contributed by atoms with Crippen molar-refractivity contribution in [1.29, 1.82) is 0 Å². The van der Waals surface area contributed by atoms with Crippen LogP contribution in [0.25, 0.3) is 77.9 Å². The summed E-state index contributed by atoms with van der Waals surface area (Å²) < 4.78 is 96.3. The monoisotopic (exact) mass is 1790 g/mol. The molecule has 0 amide bonds. The molecule has 0 aromatic heterocycles. The van der Waals surface area contributed by atoms with Crippen LogP contribution in [0.1, 0.15) is 105 Å². The fourth-order valence-corrected chi connectivity index (χ4v) is 13.5. The lowest BCUT2D eigenvalue weighted by Gasteiger charge is -2.22. The van der Waals surface area contributed by atoms with Crippen molar-refractivity contribution in [3.63, 3.8) is 0 Å². The summed E-state index contributed by atoms with van der Waals surface area (Å²) in [5, 5.41) is 0. The van der Waals surface area contributed by atoms with Crippen molar-refractivity contribution in [1.82, 2.24) is 0 Å². The summed E-state index contributed by atoms with van der Waals surface area (Å²) in [6.45, 7) is 16.9. The second-order valence-electron chi connectivity index (χ2n) is 34.6. The zero-order valence-electron chi connectivity index (χ0n) is 75.8. The quantitative estimate of drug-likeness (QED) is 0.0255. The van der Waals surface area contributed by atoms with Gasteiger partial charge in [0.15, 0.2) is 52.9 Å². The second kappa shape index (κ2) is 44.7. The van der Waals surface area contributed by atoms with Crippen molar-refractivity contribution in [2.24, 2.45) is 0 Å². The van der Waals surface area contributed by atoms with Crippen LogP contribution in [0.5, 0.6) is 46.0 Å². The summed E-state index contributed by atoms with van der Waals surface area (Å²) in [6, 6.07) is 82.9. The molecule has 0 fully saturated rings. The minimum absolute atomic E-state index is 0.0136. The first-order valence-corrected chi connectivity index (χ1v) is 42.9. The van der Waals surface area contributed by atoms with Gasteiger partial charge in [0.1, 0.15) is 94.8 Å². The molecule has 0 bridgehead atoms. The summed E-state index contributed by atoms with van der Waals surface area (Å²) in [7, 11) is 0. The van der Waals surface area contributed by atoms with Gasteiger partial charge >= 0.3 is 47.8 Å². The van der Waals surface area contributed by atoms with Crippen LogP contribution in [0.2, 0.25) is 0 Å². The number of carbonyl (C=O) groups excluding carboxylic acids is 8.